The highest BCUT2D eigenvalue weighted by molar-refractivity contribution is 9.10. The minimum atomic E-state index is -0.399. The van der Waals surface area contributed by atoms with Crippen LogP contribution in [0.25, 0.3) is 0 Å². The Bertz CT molecular complexity index is 410. The van der Waals surface area contributed by atoms with Gasteiger partial charge in [0.1, 0.15) is 5.82 Å². The Kier molecular flexibility index (Phi) is 4.69. The lowest BCUT2D eigenvalue weighted by Gasteiger charge is -2.31. The minimum Gasteiger partial charge on any atom is -0.334 e. The second-order valence-electron chi connectivity index (χ2n) is 4.52. The van der Waals surface area contributed by atoms with Crippen LogP contribution >= 0.6 is 15.9 Å². The molecule has 17 heavy (non-hydrogen) atoms. The highest BCUT2D eigenvalue weighted by Gasteiger charge is 2.23. The van der Waals surface area contributed by atoms with Gasteiger partial charge in [0.25, 0.3) is 5.91 Å². The van der Waals surface area contributed by atoms with Crippen LogP contribution in [0.5, 0.6) is 0 Å². The van der Waals surface area contributed by atoms with Crippen molar-refractivity contribution in [3.8, 4) is 0 Å². The highest BCUT2D eigenvalue weighted by Crippen LogP contribution is 2.21. The van der Waals surface area contributed by atoms with Gasteiger partial charge in [-0.25, -0.2) is 4.39 Å². The fourth-order valence-corrected chi connectivity index (χ4v) is 2.28. The van der Waals surface area contributed by atoms with Gasteiger partial charge < -0.3 is 4.90 Å². The maximum Gasteiger partial charge on any atom is 0.255 e. The molecule has 1 rings (SSSR count). The minimum absolute atomic E-state index is 0.0812. The topological polar surface area (TPSA) is 20.3 Å². The number of hydrogen-bond acceptors (Lipinski definition) is 1. The van der Waals surface area contributed by atoms with E-state index in [9.17, 15) is 9.18 Å². The summed E-state index contributed by atoms with van der Waals surface area (Å²) in [5.41, 5.74) is 0.368. The molecule has 0 aromatic heterocycles. The Labute approximate surface area is 110 Å². The first kappa shape index (κ1) is 14.2. The molecule has 0 spiro atoms. The van der Waals surface area contributed by atoms with Crippen molar-refractivity contribution in [2.24, 2.45) is 0 Å². The predicted molar refractivity (Wildman–Crippen MR) is 70.5 cm³/mol. The Hall–Kier alpha value is -0.900. The van der Waals surface area contributed by atoms with E-state index in [0.29, 0.717) is 10.0 Å². The predicted octanol–water partition coefficient (Wildman–Crippen LogP) is 3.85. The first-order valence-electron chi connectivity index (χ1n) is 5.62. The highest BCUT2D eigenvalue weighted by atomic mass is 79.9. The average Bonchev–Trinajstić information content (AvgIpc) is 2.20. The van der Waals surface area contributed by atoms with Gasteiger partial charge in [0, 0.05) is 16.6 Å². The molecule has 1 aromatic rings. The quantitative estimate of drug-likeness (QED) is 0.830. The molecule has 0 atom stereocenters. The van der Waals surface area contributed by atoms with Gasteiger partial charge in [-0.1, -0.05) is 0 Å². The normalized spacial score (nSPS) is 11.1. The van der Waals surface area contributed by atoms with Crippen molar-refractivity contribution < 1.29 is 9.18 Å². The number of rotatable bonds is 3. The Morgan fingerprint density at radius 2 is 1.76 bits per heavy atom. The van der Waals surface area contributed by atoms with Gasteiger partial charge in [0.2, 0.25) is 0 Å². The summed E-state index contributed by atoms with van der Waals surface area (Å²) in [6, 6.07) is 4.32. The largest absolute Gasteiger partial charge is 0.334 e. The third-order valence-electron chi connectivity index (χ3n) is 2.51. The van der Waals surface area contributed by atoms with Gasteiger partial charge in [-0.2, -0.15) is 0 Å². The average molecular weight is 302 g/mol. The summed E-state index contributed by atoms with van der Waals surface area (Å²) in [5.74, 6) is -0.551. The van der Waals surface area contributed by atoms with Crippen LogP contribution in [-0.4, -0.2) is 22.9 Å². The molecule has 1 aromatic carbocycles. The zero-order valence-electron chi connectivity index (χ0n) is 10.5. The van der Waals surface area contributed by atoms with Crippen LogP contribution in [0, 0.1) is 5.82 Å². The molecule has 0 saturated carbocycles. The van der Waals surface area contributed by atoms with Crippen LogP contribution in [0.2, 0.25) is 0 Å². The number of halogens is 2. The molecule has 0 bridgehead atoms. The summed E-state index contributed by atoms with van der Waals surface area (Å²) in [4.78, 5) is 14.1. The lowest BCUT2D eigenvalue weighted by molar-refractivity contribution is 0.0642. The number of nitrogens with zero attached hydrogens (tertiary/aromatic N) is 1. The number of amides is 1. The van der Waals surface area contributed by atoms with E-state index >= 15 is 0 Å². The molecular formula is C13H17BrFNO. The standard InChI is InChI=1S/C13H17BrFNO/c1-8(2)16(9(3)4)13(17)11-7-10(15)5-6-12(11)14/h5-9H,1-4H3. The zero-order valence-corrected chi connectivity index (χ0v) is 12.1. The van der Waals surface area contributed by atoms with Gasteiger partial charge in [-0.15, -0.1) is 0 Å². The van der Waals surface area contributed by atoms with Gasteiger partial charge >= 0.3 is 0 Å². The van der Waals surface area contributed by atoms with Crippen molar-refractivity contribution in [2.75, 3.05) is 0 Å². The molecule has 0 N–H and O–H groups in total. The van der Waals surface area contributed by atoms with Gasteiger partial charge in [0.15, 0.2) is 0 Å². The summed E-state index contributed by atoms with van der Waals surface area (Å²) in [7, 11) is 0. The maximum absolute atomic E-state index is 13.2. The summed E-state index contributed by atoms with van der Waals surface area (Å²) < 4.78 is 13.8. The Morgan fingerprint density at radius 3 is 2.24 bits per heavy atom. The van der Waals surface area contributed by atoms with E-state index in [-0.39, 0.29) is 18.0 Å². The van der Waals surface area contributed by atoms with Crippen molar-refractivity contribution in [1.82, 2.24) is 4.90 Å². The fraction of sp³-hybridized carbons (Fsp3) is 0.462. The van der Waals surface area contributed by atoms with Gasteiger partial charge in [0.05, 0.1) is 5.56 Å². The molecule has 0 unspecified atom stereocenters. The van der Waals surface area contributed by atoms with Crippen LogP contribution in [0.3, 0.4) is 0 Å². The second-order valence-corrected chi connectivity index (χ2v) is 5.38. The van der Waals surface area contributed by atoms with Crippen LogP contribution < -0.4 is 0 Å². The number of carbonyl (C=O) groups excluding carboxylic acids is 1. The zero-order chi connectivity index (χ0) is 13.2. The summed E-state index contributed by atoms with van der Waals surface area (Å²) in [6.45, 7) is 7.80. The van der Waals surface area contributed by atoms with Crippen molar-refractivity contribution in [2.45, 2.75) is 39.8 Å². The summed E-state index contributed by atoms with van der Waals surface area (Å²) in [6.07, 6.45) is 0. The van der Waals surface area contributed by atoms with Crippen LogP contribution in [0.15, 0.2) is 22.7 Å². The van der Waals surface area contributed by atoms with Crippen molar-refractivity contribution in [1.29, 1.82) is 0 Å². The van der Waals surface area contributed by atoms with Crippen LogP contribution in [0.1, 0.15) is 38.1 Å². The molecule has 0 saturated heterocycles. The molecule has 0 radical (unpaired) electrons. The third kappa shape index (κ3) is 3.28. The molecule has 0 fully saturated rings. The van der Waals surface area contributed by atoms with Gasteiger partial charge in [-0.05, 0) is 61.8 Å². The molecule has 0 aliphatic heterocycles. The monoisotopic (exact) mass is 301 g/mol. The molecule has 0 aliphatic rings. The van der Waals surface area contributed by atoms with Crippen molar-refractivity contribution in [3.63, 3.8) is 0 Å². The van der Waals surface area contributed by atoms with Crippen LogP contribution in [-0.2, 0) is 0 Å². The Balaban J connectivity index is 3.14. The molecule has 0 heterocycles. The first-order valence-corrected chi connectivity index (χ1v) is 6.41. The van der Waals surface area contributed by atoms with E-state index < -0.39 is 5.82 Å². The van der Waals surface area contributed by atoms with Crippen molar-refractivity contribution >= 4 is 21.8 Å². The lowest BCUT2D eigenvalue weighted by Crippen LogP contribution is -2.42. The number of benzene rings is 1. The summed E-state index contributed by atoms with van der Waals surface area (Å²) in [5, 5.41) is 0. The molecule has 4 heteroatoms. The van der Waals surface area contributed by atoms with E-state index in [1.165, 1.54) is 12.1 Å². The summed E-state index contributed by atoms with van der Waals surface area (Å²) >= 11 is 3.28. The van der Waals surface area contributed by atoms with Crippen LogP contribution in [0.4, 0.5) is 4.39 Å². The van der Waals surface area contributed by atoms with Gasteiger partial charge in [-0.3, -0.25) is 4.79 Å². The number of hydrogen-bond donors (Lipinski definition) is 0. The molecule has 0 aliphatic carbocycles. The molecule has 1 amide bonds. The Morgan fingerprint density at radius 1 is 1.24 bits per heavy atom. The van der Waals surface area contributed by atoms with E-state index in [1.807, 2.05) is 27.7 Å². The van der Waals surface area contributed by atoms with E-state index in [1.54, 1.807) is 11.0 Å². The maximum atomic E-state index is 13.2. The first-order chi connectivity index (χ1) is 7.84. The smallest absolute Gasteiger partial charge is 0.255 e. The number of carbonyl (C=O) groups is 1. The third-order valence-corrected chi connectivity index (χ3v) is 3.20. The van der Waals surface area contributed by atoms with E-state index in [4.69, 9.17) is 0 Å². The molecule has 94 valence electrons. The lowest BCUT2D eigenvalue weighted by atomic mass is 10.1. The fourth-order valence-electron chi connectivity index (χ4n) is 1.87. The SMILES string of the molecule is CC(C)N(C(=O)c1cc(F)ccc1Br)C(C)C. The second kappa shape index (κ2) is 5.63. The van der Waals surface area contributed by atoms with E-state index in [0.717, 1.165) is 0 Å². The molecule has 2 nitrogen and oxygen atoms in total. The molecular weight excluding hydrogens is 285 g/mol. The van der Waals surface area contributed by atoms with E-state index in [2.05, 4.69) is 15.9 Å². The van der Waals surface area contributed by atoms with Crippen molar-refractivity contribution in [3.05, 3.63) is 34.1 Å².